The normalized spacial score (nSPS) is 52.4. The Hall–Kier alpha value is 0.150. The van der Waals surface area contributed by atoms with Crippen molar-refractivity contribution >= 4 is 21.7 Å². The molecule has 4 aliphatic rings. The Kier molecular flexibility index (Phi) is 4.44. The van der Waals surface area contributed by atoms with Crippen molar-refractivity contribution in [1.29, 1.82) is 0 Å². The molecule has 0 spiro atoms. The molecule has 4 saturated carbocycles. The molecular weight excluding hydrogens is 348 g/mol. The van der Waals surface area contributed by atoms with Crippen molar-refractivity contribution in [3.63, 3.8) is 0 Å². The lowest BCUT2D eigenvalue weighted by Gasteiger charge is -2.57. The van der Waals surface area contributed by atoms with Crippen molar-refractivity contribution in [3.05, 3.63) is 0 Å². The fraction of sp³-hybridized carbons (Fsp3) is 0.952. The highest BCUT2D eigenvalue weighted by Crippen LogP contribution is 2.63. The van der Waals surface area contributed by atoms with Gasteiger partial charge in [0.25, 0.3) is 0 Å². The molecule has 130 valence electrons. The van der Waals surface area contributed by atoms with Crippen LogP contribution in [0.4, 0.5) is 0 Å². The third-order valence-electron chi connectivity index (χ3n) is 8.60. The highest BCUT2D eigenvalue weighted by Gasteiger charge is 2.55. The summed E-state index contributed by atoms with van der Waals surface area (Å²) in [6.07, 6.45) is 12.6. The second-order valence-electron chi connectivity index (χ2n) is 9.70. The zero-order valence-corrected chi connectivity index (χ0v) is 16.5. The molecule has 4 aliphatic carbocycles. The first-order valence-corrected chi connectivity index (χ1v) is 11.2. The first kappa shape index (κ1) is 16.6. The second kappa shape index (κ2) is 6.15. The van der Waals surface area contributed by atoms with Gasteiger partial charge in [-0.15, -0.1) is 0 Å². The zero-order valence-electron chi connectivity index (χ0n) is 14.9. The topological polar surface area (TPSA) is 17.1 Å². The Morgan fingerprint density at radius 1 is 0.957 bits per heavy atom. The van der Waals surface area contributed by atoms with Crippen LogP contribution in [0.25, 0.3) is 0 Å². The fourth-order valence-corrected chi connectivity index (χ4v) is 8.18. The van der Waals surface area contributed by atoms with Crippen LogP contribution in [0.15, 0.2) is 0 Å². The maximum Gasteiger partial charge on any atom is 0.146 e. The SMILES string of the molecule is C[C@H]1CC[C@@H]2C3CC[C@H]4C(CC[C@@H]4C(=O)CBr)[C@@H]3CC[C@]2(C)C1. The average Bonchev–Trinajstić information content (AvgIpc) is 2.96. The van der Waals surface area contributed by atoms with Crippen LogP contribution in [0, 0.1) is 46.8 Å². The van der Waals surface area contributed by atoms with E-state index in [0.29, 0.717) is 22.4 Å². The van der Waals surface area contributed by atoms with Crippen LogP contribution >= 0.6 is 15.9 Å². The summed E-state index contributed by atoms with van der Waals surface area (Å²) in [5, 5.41) is 0.577. The number of carbonyl (C=O) groups excluding carboxylic acids is 1. The van der Waals surface area contributed by atoms with E-state index in [1.54, 1.807) is 0 Å². The van der Waals surface area contributed by atoms with E-state index in [4.69, 9.17) is 0 Å². The van der Waals surface area contributed by atoms with Crippen molar-refractivity contribution in [1.82, 2.24) is 0 Å². The smallest absolute Gasteiger partial charge is 0.146 e. The molecule has 0 heterocycles. The summed E-state index contributed by atoms with van der Waals surface area (Å²) >= 11 is 3.42. The Morgan fingerprint density at radius 3 is 2.43 bits per heavy atom. The van der Waals surface area contributed by atoms with Gasteiger partial charge in [-0.1, -0.05) is 36.2 Å². The molecule has 2 heteroatoms. The van der Waals surface area contributed by atoms with Gasteiger partial charge in [-0.25, -0.2) is 0 Å². The van der Waals surface area contributed by atoms with E-state index < -0.39 is 0 Å². The predicted molar refractivity (Wildman–Crippen MR) is 98.6 cm³/mol. The van der Waals surface area contributed by atoms with E-state index in [2.05, 4.69) is 29.8 Å². The van der Waals surface area contributed by atoms with Gasteiger partial charge in [0.2, 0.25) is 0 Å². The molecule has 23 heavy (non-hydrogen) atoms. The first-order valence-electron chi connectivity index (χ1n) is 10.1. The number of rotatable bonds is 2. The van der Waals surface area contributed by atoms with Crippen molar-refractivity contribution < 1.29 is 4.79 Å². The van der Waals surface area contributed by atoms with Crippen LogP contribution in [-0.2, 0) is 4.79 Å². The van der Waals surface area contributed by atoms with E-state index in [9.17, 15) is 4.79 Å². The van der Waals surface area contributed by atoms with Crippen LogP contribution < -0.4 is 0 Å². The molecule has 0 aromatic heterocycles. The highest BCUT2D eigenvalue weighted by atomic mass is 79.9. The van der Waals surface area contributed by atoms with Crippen LogP contribution in [0.1, 0.15) is 71.6 Å². The molecule has 0 amide bonds. The third kappa shape index (κ3) is 2.66. The minimum Gasteiger partial charge on any atom is -0.298 e. The molecule has 4 fully saturated rings. The van der Waals surface area contributed by atoms with Crippen molar-refractivity contribution in [3.8, 4) is 0 Å². The van der Waals surface area contributed by atoms with E-state index in [0.717, 1.165) is 35.5 Å². The van der Waals surface area contributed by atoms with Gasteiger partial charge in [0.1, 0.15) is 5.78 Å². The molecule has 0 saturated heterocycles. The van der Waals surface area contributed by atoms with Gasteiger partial charge < -0.3 is 0 Å². The first-order chi connectivity index (χ1) is 11.0. The molecule has 1 nitrogen and oxygen atoms in total. The largest absolute Gasteiger partial charge is 0.298 e. The highest BCUT2D eigenvalue weighted by molar-refractivity contribution is 9.09. The Balaban J connectivity index is 1.53. The summed E-state index contributed by atoms with van der Waals surface area (Å²) in [5.41, 5.74) is 0.634. The van der Waals surface area contributed by atoms with E-state index in [1.165, 1.54) is 57.8 Å². The van der Waals surface area contributed by atoms with Crippen molar-refractivity contribution in [2.45, 2.75) is 71.6 Å². The molecule has 0 aliphatic heterocycles. The summed E-state index contributed by atoms with van der Waals surface area (Å²) < 4.78 is 0. The Labute approximate surface area is 150 Å². The fourth-order valence-electron chi connectivity index (χ4n) is 7.77. The number of carbonyl (C=O) groups is 1. The standard InChI is InChI=1S/C21H33BrO/c1-13-3-8-19-17-6-4-15-14(5-7-18(15)20(23)12-22)16(17)9-10-21(19,2)11-13/h13-19H,3-12H2,1-2H3/t13-,14?,15-,16-,17?,18-,19+,21+/m0/s1. The zero-order chi connectivity index (χ0) is 16.2. The quantitative estimate of drug-likeness (QED) is 0.548. The number of hydrogen-bond donors (Lipinski definition) is 0. The van der Waals surface area contributed by atoms with Gasteiger partial charge in [0.15, 0.2) is 0 Å². The molecule has 0 bridgehead atoms. The number of hydrogen-bond acceptors (Lipinski definition) is 1. The molecule has 0 aromatic carbocycles. The molecule has 0 aromatic rings. The van der Waals surface area contributed by atoms with Crippen molar-refractivity contribution in [2.75, 3.05) is 5.33 Å². The van der Waals surface area contributed by atoms with Crippen LogP contribution in [0.5, 0.6) is 0 Å². The second-order valence-corrected chi connectivity index (χ2v) is 10.3. The lowest BCUT2D eigenvalue weighted by atomic mass is 9.47. The van der Waals surface area contributed by atoms with Gasteiger partial charge >= 0.3 is 0 Å². The van der Waals surface area contributed by atoms with Gasteiger partial charge in [0, 0.05) is 5.92 Å². The molecule has 0 N–H and O–H groups in total. The monoisotopic (exact) mass is 380 g/mol. The van der Waals surface area contributed by atoms with E-state index in [-0.39, 0.29) is 0 Å². The number of ketones is 1. The Morgan fingerprint density at radius 2 is 1.65 bits per heavy atom. The maximum atomic E-state index is 12.3. The summed E-state index contributed by atoms with van der Waals surface area (Å²) in [5.74, 6) is 6.36. The summed E-state index contributed by atoms with van der Waals surface area (Å²) in [6.45, 7) is 5.08. The molecule has 2 unspecified atom stereocenters. The minimum absolute atomic E-state index is 0.389. The third-order valence-corrected chi connectivity index (χ3v) is 9.15. The average molecular weight is 381 g/mol. The predicted octanol–water partition coefficient (Wildman–Crippen LogP) is 5.86. The van der Waals surface area contributed by atoms with Gasteiger partial charge in [-0.05, 0) is 92.3 Å². The lowest BCUT2D eigenvalue weighted by Crippen LogP contribution is -2.49. The van der Waals surface area contributed by atoms with Crippen LogP contribution in [0.2, 0.25) is 0 Å². The number of halogens is 1. The van der Waals surface area contributed by atoms with Gasteiger partial charge in [-0.2, -0.15) is 0 Å². The van der Waals surface area contributed by atoms with Crippen LogP contribution in [-0.4, -0.2) is 11.1 Å². The number of fused-ring (bicyclic) bond motifs is 5. The maximum absolute atomic E-state index is 12.3. The summed E-state index contributed by atoms with van der Waals surface area (Å²) in [6, 6.07) is 0. The molecule has 4 rings (SSSR count). The van der Waals surface area contributed by atoms with Gasteiger partial charge in [0.05, 0.1) is 5.33 Å². The summed E-state index contributed by atoms with van der Waals surface area (Å²) in [7, 11) is 0. The number of Topliss-reactive ketones (excluding diaryl/α,β-unsaturated/α-hetero) is 1. The summed E-state index contributed by atoms with van der Waals surface area (Å²) in [4.78, 5) is 12.3. The van der Waals surface area contributed by atoms with Gasteiger partial charge in [-0.3, -0.25) is 4.79 Å². The lowest BCUT2D eigenvalue weighted by molar-refractivity contribution is -0.123. The van der Waals surface area contributed by atoms with E-state index >= 15 is 0 Å². The van der Waals surface area contributed by atoms with E-state index in [1.807, 2.05) is 0 Å². The Bertz CT molecular complexity index is 474. The minimum atomic E-state index is 0.389. The molecule has 0 radical (unpaired) electrons. The van der Waals surface area contributed by atoms with Crippen molar-refractivity contribution in [2.24, 2.45) is 46.8 Å². The number of alkyl halides is 1. The molecular formula is C21H33BrO. The van der Waals surface area contributed by atoms with Crippen LogP contribution in [0.3, 0.4) is 0 Å². The molecule has 8 atom stereocenters.